The Bertz CT molecular complexity index is 828. The van der Waals surface area contributed by atoms with Crippen LogP contribution in [-0.2, 0) is 0 Å². The van der Waals surface area contributed by atoms with Gasteiger partial charge >= 0.3 is 0 Å². The molecule has 3 aromatic heterocycles. The fourth-order valence-corrected chi connectivity index (χ4v) is 2.32. The van der Waals surface area contributed by atoms with Crippen LogP contribution in [0.2, 0.25) is 0 Å². The lowest BCUT2D eigenvalue weighted by atomic mass is 10.2. The van der Waals surface area contributed by atoms with Gasteiger partial charge in [-0.15, -0.1) is 0 Å². The van der Waals surface area contributed by atoms with E-state index in [0.717, 1.165) is 28.0 Å². The van der Waals surface area contributed by atoms with Gasteiger partial charge in [-0.05, 0) is 36.4 Å². The van der Waals surface area contributed by atoms with Crippen LogP contribution in [0.1, 0.15) is 0 Å². The van der Waals surface area contributed by atoms with Gasteiger partial charge in [0.2, 0.25) is 0 Å². The Labute approximate surface area is 103 Å². The number of hydrogen-bond acceptors (Lipinski definition) is 2. The minimum Gasteiger partial charge on any atom is -0.463 e. The number of fused-ring (bicyclic) bond motifs is 3. The van der Waals surface area contributed by atoms with Gasteiger partial charge in [0.05, 0.1) is 22.8 Å². The molecular weight excluding hydrogens is 224 g/mol. The van der Waals surface area contributed by atoms with Crippen molar-refractivity contribution < 1.29 is 4.42 Å². The molecule has 3 heteroatoms. The van der Waals surface area contributed by atoms with Gasteiger partial charge in [-0.3, -0.25) is 0 Å². The van der Waals surface area contributed by atoms with Crippen LogP contribution in [0.5, 0.6) is 0 Å². The first-order chi connectivity index (χ1) is 8.93. The second-order valence-electron chi connectivity index (χ2n) is 4.19. The first-order valence-corrected chi connectivity index (χ1v) is 5.83. The number of para-hydroxylation sites is 2. The van der Waals surface area contributed by atoms with Crippen LogP contribution in [0.3, 0.4) is 0 Å². The summed E-state index contributed by atoms with van der Waals surface area (Å²) >= 11 is 0. The molecule has 0 fully saturated rings. The van der Waals surface area contributed by atoms with E-state index in [9.17, 15) is 0 Å². The monoisotopic (exact) mass is 234 g/mol. The maximum atomic E-state index is 5.47. The quantitative estimate of drug-likeness (QED) is 0.502. The molecule has 18 heavy (non-hydrogen) atoms. The molecule has 86 valence electrons. The van der Waals surface area contributed by atoms with E-state index in [-0.39, 0.29) is 0 Å². The molecule has 3 nitrogen and oxygen atoms in total. The second kappa shape index (κ2) is 3.47. The van der Waals surface area contributed by atoms with Gasteiger partial charge in [-0.2, -0.15) is 0 Å². The van der Waals surface area contributed by atoms with Gasteiger partial charge in [-0.1, -0.05) is 12.1 Å². The Balaban J connectivity index is 2.21. The fourth-order valence-electron chi connectivity index (χ4n) is 2.32. The zero-order chi connectivity index (χ0) is 11.9. The molecule has 0 radical (unpaired) electrons. The molecule has 0 bridgehead atoms. The van der Waals surface area contributed by atoms with Crippen molar-refractivity contribution in [2.45, 2.75) is 0 Å². The van der Waals surface area contributed by atoms with E-state index >= 15 is 0 Å². The molecule has 0 saturated heterocycles. The van der Waals surface area contributed by atoms with E-state index in [4.69, 9.17) is 9.40 Å². The molecule has 0 aliphatic heterocycles. The molecule has 0 amide bonds. The maximum Gasteiger partial charge on any atom is 0.154 e. The standard InChI is InChI=1S/C15H10N2O/c1-2-6-12-11(5-1)16-15(14-8-4-10-18-14)13-7-3-9-17(12)13/h1-10H. The summed E-state index contributed by atoms with van der Waals surface area (Å²) in [7, 11) is 0. The predicted octanol–water partition coefficient (Wildman–Crippen LogP) is 3.75. The Morgan fingerprint density at radius 1 is 0.889 bits per heavy atom. The number of rotatable bonds is 1. The molecule has 4 aromatic rings. The van der Waals surface area contributed by atoms with Crippen LogP contribution in [0.15, 0.2) is 65.4 Å². The highest BCUT2D eigenvalue weighted by molar-refractivity contribution is 5.86. The van der Waals surface area contributed by atoms with Gasteiger partial charge < -0.3 is 8.82 Å². The Morgan fingerprint density at radius 3 is 2.67 bits per heavy atom. The first kappa shape index (κ1) is 9.48. The molecule has 3 heterocycles. The van der Waals surface area contributed by atoms with Crippen molar-refractivity contribution in [2.24, 2.45) is 0 Å². The van der Waals surface area contributed by atoms with E-state index in [2.05, 4.69) is 16.5 Å². The molecule has 0 aliphatic carbocycles. The zero-order valence-electron chi connectivity index (χ0n) is 9.58. The summed E-state index contributed by atoms with van der Waals surface area (Å²) in [5.41, 5.74) is 4.01. The minimum absolute atomic E-state index is 0.796. The van der Waals surface area contributed by atoms with Gasteiger partial charge in [-0.25, -0.2) is 4.98 Å². The maximum absolute atomic E-state index is 5.47. The van der Waals surface area contributed by atoms with E-state index in [1.54, 1.807) is 6.26 Å². The SMILES string of the molecule is c1coc(-c2nc3ccccc3n3cccc23)c1. The summed E-state index contributed by atoms with van der Waals surface area (Å²) in [4.78, 5) is 4.70. The normalized spacial score (nSPS) is 11.3. The Morgan fingerprint density at radius 2 is 1.78 bits per heavy atom. The van der Waals surface area contributed by atoms with Gasteiger partial charge in [0, 0.05) is 6.20 Å². The van der Waals surface area contributed by atoms with Crippen LogP contribution in [0.25, 0.3) is 28.0 Å². The highest BCUT2D eigenvalue weighted by atomic mass is 16.3. The van der Waals surface area contributed by atoms with Crippen molar-refractivity contribution in [3.05, 3.63) is 61.0 Å². The van der Waals surface area contributed by atoms with Gasteiger partial charge in [0.25, 0.3) is 0 Å². The molecule has 4 rings (SSSR count). The predicted molar refractivity (Wildman–Crippen MR) is 70.4 cm³/mol. The minimum atomic E-state index is 0.796. The zero-order valence-corrected chi connectivity index (χ0v) is 9.58. The fraction of sp³-hybridized carbons (Fsp3) is 0. The van der Waals surface area contributed by atoms with Crippen LogP contribution >= 0.6 is 0 Å². The largest absolute Gasteiger partial charge is 0.463 e. The summed E-state index contributed by atoms with van der Waals surface area (Å²) in [5.74, 6) is 0.796. The summed E-state index contributed by atoms with van der Waals surface area (Å²) in [6.45, 7) is 0. The molecule has 0 saturated carbocycles. The molecule has 0 N–H and O–H groups in total. The van der Waals surface area contributed by atoms with Gasteiger partial charge in [0.15, 0.2) is 5.76 Å². The van der Waals surface area contributed by atoms with Crippen LogP contribution < -0.4 is 0 Å². The number of nitrogens with zero attached hydrogens (tertiary/aromatic N) is 2. The Kier molecular flexibility index (Phi) is 1.83. The lowest BCUT2D eigenvalue weighted by molar-refractivity contribution is 0.580. The number of aromatic nitrogens is 2. The first-order valence-electron chi connectivity index (χ1n) is 5.83. The second-order valence-corrected chi connectivity index (χ2v) is 4.19. The highest BCUT2D eigenvalue weighted by Gasteiger charge is 2.11. The van der Waals surface area contributed by atoms with Crippen molar-refractivity contribution in [1.82, 2.24) is 9.38 Å². The Hall–Kier alpha value is -2.55. The molecule has 0 atom stereocenters. The van der Waals surface area contributed by atoms with Crippen molar-refractivity contribution in [3.63, 3.8) is 0 Å². The van der Waals surface area contributed by atoms with Crippen LogP contribution in [0.4, 0.5) is 0 Å². The summed E-state index contributed by atoms with van der Waals surface area (Å²) in [6.07, 6.45) is 3.72. The van der Waals surface area contributed by atoms with Crippen molar-refractivity contribution in [1.29, 1.82) is 0 Å². The van der Waals surface area contributed by atoms with Crippen LogP contribution in [-0.4, -0.2) is 9.38 Å². The third kappa shape index (κ3) is 1.21. The molecule has 0 spiro atoms. The average Bonchev–Trinajstić information content (AvgIpc) is 3.09. The average molecular weight is 234 g/mol. The smallest absolute Gasteiger partial charge is 0.154 e. The van der Waals surface area contributed by atoms with E-state index in [0.29, 0.717) is 0 Å². The van der Waals surface area contributed by atoms with E-state index < -0.39 is 0 Å². The van der Waals surface area contributed by atoms with Crippen molar-refractivity contribution in [2.75, 3.05) is 0 Å². The summed E-state index contributed by atoms with van der Waals surface area (Å²) in [5, 5.41) is 0. The summed E-state index contributed by atoms with van der Waals surface area (Å²) in [6, 6.07) is 16.0. The molecule has 0 aliphatic rings. The summed E-state index contributed by atoms with van der Waals surface area (Å²) < 4.78 is 7.61. The number of benzene rings is 1. The lowest BCUT2D eigenvalue weighted by Crippen LogP contribution is -1.93. The topological polar surface area (TPSA) is 30.4 Å². The molecular formula is C15H10N2O. The molecule has 1 aromatic carbocycles. The van der Waals surface area contributed by atoms with E-state index in [1.807, 2.05) is 42.6 Å². The van der Waals surface area contributed by atoms with Crippen molar-refractivity contribution in [3.8, 4) is 11.5 Å². The third-order valence-electron chi connectivity index (χ3n) is 3.12. The lowest BCUT2D eigenvalue weighted by Gasteiger charge is -2.06. The van der Waals surface area contributed by atoms with Gasteiger partial charge in [0.1, 0.15) is 5.69 Å². The number of furan rings is 1. The highest BCUT2D eigenvalue weighted by Crippen LogP contribution is 2.27. The van der Waals surface area contributed by atoms with E-state index in [1.165, 1.54) is 0 Å². The third-order valence-corrected chi connectivity index (χ3v) is 3.12. The number of hydrogen-bond donors (Lipinski definition) is 0. The molecule has 0 unspecified atom stereocenters. The van der Waals surface area contributed by atoms with Crippen LogP contribution in [0, 0.1) is 0 Å². The van der Waals surface area contributed by atoms with Crippen molar-refractivity contribution >= 4 is 16.6 Å².